The highest BCUT2D eigenvalue weighted by molar-refractivity contribution is 5.96. The molecule has 0 spiro atoms. The van der Waals surface area contributed by atoms with Crippen LogP contribution in [0.1, 0.15) is 16.1 Å². The molecule has 0 aliphatic carbocycles. The number of carbonyl (C=O) groups is 1. The molecule has 0 N–H and O–H groups in total. The lowest BCUT2D eigenvalue weighted by atomic mass is 10.1. The Hall–Kier alpha value is -2.35. The minimum atomic E-state index is -4.64. The van der Waals surface area contributed by atoms with Gasteiger partial charge in [0.15, 0.2) is 0 Å². The Bertz CT molecular complexity index is 812. The first kappa shape index (κ1) is 17.0. The molecule has 1 heterocycles. The number of hydroxylamine groups is 2. The van der Waals surface area contributed by atoms with Gasteiger partial charge in [0.05, 0.1) is 7.11 Å². The third-order valence-electron chi connectivity index (χ3n) is 3.38. The number of fused-ring (bicyclic) bond motifs is 1. The van der Waals surface area contributed by atoms with Crippen molar-refractivity contribution in [2.24, 2.45) is 0 Å². The minimum absolute atomic E-state index is 0.130. The largest absolute Gasteiger partial charge is 0.406 e. The second kappa shape index (κ2) is 6.04. The number of rotatable bonds is 3. The van der Waals surface area contributed by atoms with E-state index in [4.69, 9.17) is 4.84 Å². The standard InChI is InChI=1S/C15H15F3N2O3/c1-9-4-5-10-7-12(14(22)19(2)23-3)20(8-15(16,17)18)13(21)11(10)6-9/h4-7H,8H2,1-3H3. The Kier molecular flexibility index (Phi) is 4.46. The highest BCUT2D eigenvalue weighted by Gasteiger charge is 2.31. The van der Waals surface area contributed by atoms with E-state index in [1.54, 1.807) is 19.1 Å². The van der Waals surface area contributed by atoms with Crippen LogP contribution in [0.2, 0.25) is 0 Å². The quantitative estimate of drug-likeness (QED) is 0.814. The van der Waals surface area contributed by atoms with Gasteiger partial charge in [-0.15, -0.1) is 0 Å². The van der Waals surface area contributed by atoms with Crippen molar-refractivity contribution in [1.29, 1.82) is 0 Å². The van der Waals surface area contributed by atoms with Crippen molar-refractivity contribution in [3.05, 3.63) is 45.9 Å². The predicted octanol–water partition coefficient (Wildman–Crippen LogP) is 2.51. The number of hydrogen-bond donors (Lipinski definition) is 0. The maximum absolute atomic E-state index is 12.8. The Morgan fingerprint density at radius 1 is 1.30 bits per heavy atom. The van der Waals surface area contributed by atoms with Crippen LogP contribution in [0, 0.1) is 6.92 Å². The van der Waals surface area contributed by atoms with Gasteiger partial charge in [-0.1, -0.05) is 17.7 Å². The minimum Gasteiger partial charge on any atom is -0.294 e. The highest BCUT2D eigenvalue weighted by atomic mass is 19.4. The van der Waals surface area contributed by atoms with Gasteiger partial charge in [-0.2, -0.15) is 13.2 Å². The molecule has 2 rings (SSSR count). The number of pyridine rings is 1. The van der Waals surface area contributed by atoms with E-state index in [1.807, 2.05) is 0 Å². The average molecular weight is 328 g/mol. The monoisotopic (exact) mass is 328 g/mol. The fourth-order valence-corrected chi connectivity index (χ4v) is 2.22. The molecule has 0 aliphatic heterocycles. The molecule has 0 radical (unpaired) electrons. The van der Waals surface area contributed by atoms with Crippen LogP contribution in [-0.2, 0) is 11.4 Å². The number of amides is 1. The van der Waals surface area contributed by atoms with Gasteiger partial charge in [0.2, 0.25) is 0 Å². The van der Waals surface area contributed by atoms with E-state index in [9.17, 15) is 22.8 Å². The summed E-state index contributed by atoms with van der Waals surface area (Å²) in [6.45, 7) is 0.180. The van der Waals surface area contributed by atoms with Gasteiger partial charge in [0.25, 0.3) is 11.5 Å². The molecule has 8 heteroatoms. The molecule has 124 valence electrons. The maximum Gasteiger partial charge on any atom is 0.406 e. The summed E-state index contributed by atoms with van der Waals surface area (Å²) in [6, 6.07) is 6.07. The van der Waals surface area contributed by atoms with E-state index in [0.29, 0.717) is 9.95 Å². The van der Waals surface area contributed by atoms with Crippen LogP contribution in [0.5, 0.6) is 0 Å². The lowest BCUT2D eigenvalue weighted by Crippen LogP contribution is -2.36. The average Bonchev–Trinajstić information content (AvgIpc) is 2.47. The molecule has 0 aliphatic rings. The first-order chi connectivity index (χ1) is 10.6. The SMILES string of the molecule is CON(C)C(=O)c1cc2ccc(C)cc2c(=O)n1CC(F)(F)F. The number of halogens is 3. The smallest absolute Gasteiger partial charge is 0.294 e. The molecule has 1 aromatic heterocycles. The van der Waals surface area contributed by atoms with Gasteiger partial charge < -0.3 is 0 Å². The molecule has 2 aromatic rings. The Balaban J connectivity index is 2.77. The van der Waals surface area contributed by atoms with E-state index in [2.05, 4.69) is 0 Å². The lowest BCUT2D eigenvalue weighted by Gasteiger charge is -2.19. The summed E-state index contributed by atoms with van der Waals surface area (Å²) >= 11 is 0. The molecule has 0 fully saturated rings. The van der Waals surface area contributed by atoms with Crippen molar-refractivity contribution in [2.45, 2.75) is 19.6 Å². The van der Waals surface area contributed by atoms with Crippen LogP contribution < -0.4 is 5.56 Å². The molecule has 1 aromatic carbocycles. The summed E-state index contributed by atoms with van der Waals surface area (Å²) in [5.74, 6) is -0.837. The number of aryl methyl sites for hydroxylation is 1. The predicted molar refractivity (Wildman–Crippen MR) is 78.1 cm³/mol. The summed E-state index contributed by atoms with van der Waals surface area (Å²) in [7, 11) is 2.46. The zero-order valence-corrected chi connectivity index (χ0v) is 12.8. The van der Waals surface area contributed by atoms with E-state index in [-0.39, 0.29) is 11.1 Å². The van der Waals surface area contributed by atoms with Gasteiger partial charge in [-0.05, 0) is 24.4 Å². The van der Waals surface area contributed by atoms with Gasteiger partial charge in [0, 0.05) is 12.4 Å². The van der Waals surface area contributed by atoms with Crippen LogP contribution >= 0.6 is 0 Å². The number of carbonyl (C=O) groups excluding carboxylic acids is 1. The molecular formula is C15H15F3N2O3. The van der Waals surface area contributed by atoms with Crippen LogP contribution in [0.15, 0.2) is 29.1 Å². The zero-order valence-electron chi connectivity index (χ0n) is 12.8. The van der Waals surface area contributed by atoms with Crippen molar-refractivity contribution >= 4 is 16.7 Å². The summed E-state index contributed by atoms with van der Waals surface area (Å²) in [5, 5.41) is 1.29. The molecule has 5 nitrogen and oxygen atoms in total. The third-order valence-corrected chi connectivity index (χ3v) is 3.38. The summed E-state index contributed by atoms with van der Waals surface area (Å²) in [5.41, 5.74) is -0.509. The number of nitrogens with zero attached hydrogens (tertiary/aromatic N) is 2. The summed E-state index contributed by atoms with van der Waals surface area (Å²) < 4.78 is 38.9. The molecule has 0 bridgehead atoms. The normalized spacial score (nSPS) is 11.7. The number of aromatic nitrogens is 1. The van der Waals surface area contributed by atoms with Crippen molar-refractivity contribution in [2.75, 3.05) is 14.2 Å². The van der Waals surface area contributed by atoms with E-state index in [1.165, 1.54) is 26.3 Å². The fraction of sp³-hybridized carbons (Fsp3) is 0.333. The number of hydrogen-bond acceptors (Lipinski definition) is 3. The highest BCUT2D eigenvalue weighted by Crippen LogP contribution is 2.21. The van der Waals surface area contributed by atoms with E-state index in [0.717, 1.165) is 10.6 Å². The van der Waals surface area contributed by atoms with Gasteiger partial charge in [0.1, 0.15) is 12.2 Å². The molecular weight excluding hydrogens is 313 g/mol. The van der Waals surface area contributed by atoms with E-state index >= 15 is 0 Å². The van der Waals surface area contributed by atoms with Gasteiger partial charge in [-0.25, -0.2) is 5.06 Å². The second-order valence-corrected chi connectivity index (χ2v) is 5.11. The van der Waals surface area contributed by atoms with Gasteiger partial charge >= 0.3 is 6.18 Å². The molecule has 23 heavy (non-hydrogen) atoms. The van der Waals surface area contributed by atoms with Gasteiger partial charge in [-0.3, -0.25) is 19.0 Å². The molecule has 0 saturated carbocycles. The topological polar surface area (TPSA) is 51.5 Å². The second-order valence-electron chi connectivity index (χ2n) is 5.11. The summed E-state index contributed by atoms with van der Waals surface area (Å²) in [6.07, 6.45) is -4.64. The molecule has 0 saturated heterocycles. The van der Waals surface area contributed by atoms with E-state index < -0.39 is 24.2 Å². The zero-order chi connectivity index (χ0) is 17.4. The molecule has 0 atom stereocenters. The van der Waals surface area contributed by atoms with Crippen LogP contribution in [0.3, 0.4) is 0 Å². The van der Waals surface area contributed by atoms with Crippen LogP contribution in [0.25, 0.3) is 10.8 Å². The first-order valence-electron chi connectivity index (χ1n) is 6.67. The first-order valence-corrected chi connectivity index (χ1v) is 6.67. The Labute approximate surface area is 129 Å². The number of alkyl halides is 3. The van der Waals surface area contributed by atoms with Crippen molar-refractivity contribution in [3.63, 3.8) is 0 Å². The third kappa shape index (κ3) is 3.53. The van der Waals surface area contributed by atoms with Crippen molar-refractivity contribution < 1.29 is 22.8 Å². The number of benzene rings is 1. The summed E-state index contributed by atoms with van der Waals surface area (Å²) in [4.78, 5) is 29.4. The Morgan fingerprint density at radius 3 is 2.52 bits per heavy atom. The maximum atomic E-state index is 12.8. The Morgan fingerprint density at radius 2 is 1.96 bits per heavy atom. The van der Waals surface area contributed by atoms with Crippen LogP contribution in [-0.4, -0.2) is 35.9 Å². The van der Waals surface area contributed by atoms with Crippen molar-refractivity contribution in [3.8, 4) is 0 Å². The van der Waals surface area contributed by atoms with Crippen LogP contribution in [0.4, 0.5) is 13.2 Å². The lowest BCUT2D eigenvalue weighted by molar-refractivity contribution is -0.141. The fourth-order valence-electron chi connectivity index (χ4n) is 2.22. The van der Waals surface area contributed by atoms with Crippen molar-refractivity contribution in [1.82, 2.24) is 9.63 Å². The molecule has 1 amide bonds. The molecule has 0 unspecified atom stereocenters.